The van der Waals surface area contributed by atoms with Crippen LogP contribution in [0.1, 0.15) is 47.2 Å². The number of carbonyl (C=O) groups excluding carboxylic acids is 1. The first-order valence-electron chi connectivity index (χ1n) is 8.29. The molecule has 0 fully saturated rings. The average molecular weight is 308 g/mol. The quantitative estimate of drug-likeness (QED) is 0.849. The summed E-state index contributed by atoms with van der Waals surface area (Å²) in [5, 5.41) is 5.96. The van der Waals surface area contributed by atoms with Crippen LogP contribution in [0, 0.1) is 13.8 Å². The van der Waals surface area contributed by atoms with Gasteiger partial charge < -0.3 is 10.6 Å². The lowest BCUT2D eigenvalue weighted by Crippen LogP contribution is -2.31. The summed E-state index contributed by atoms with van der Waals surface area (Å²) in [6.45, 7) is 6.19. The molecule has 0 bridgehead atoms. The molecule has 0 saturated carbocycles. The van der Waals surface area contributed by atoms with Crippen LogP contribution >= 0.6 is 0 Å². The van der Waals surface area contributed by atoms with Gasteiger partial charge in [0.2, 0.25) is 0 Å². The van der Waals surface area contributed by atoms with E-state index in [9.17, 15) is 4.79 Å². The zero-order valence-corrected chi connectivity index (χ0v) is 14.1. The zero-order valence-electron chi connectivity index (χ0n) is 14.1. The lowest BCUT2D eigenvalue weighted by molar-refractivity contribution is 0.249. The number of aryl methyl sites for hydroxylation is 4. The Balaban J connectivity index is 1.63. The summed E-state index contributed by atoms with van der Waals surface area (Å²) in [5.41, 5.74) is 7.29. The first-order chi connectivity index (χ1) is 11.0. The molecule has 3 heteroatoms. The maximum Gasteiger partial charge on any atom is 0.319 e. The molecule has 0 aromatic heterocycles. The summed E-state index contributed by atoms with van der Waals surface area (Å²) in [5.74, 6) is 0. The maximum absolute atomic E-state index is 12.2. The lowest BCUT2D eigenvalue weighted by Gasteiger charge is -2.16. The maximum atomic E-state index is 12.2. The number of fused-ring (bicyclic) bond motifs is 1. The van der Waals surface area contributed by atoms with Crippen molar-refractivity contribution < 1.29 is 4.79 Å². The molecule has 23 heavy (non-hydrogen) atoms. The van der Waals surface area contributed by atoms with Gasteiger partial charge in [-0.3, -0.25) is 0 Å². The number of urea groups is 1. The van der Waals surface area contributed by atoms with Crippen LogP contribution < -0.4 is 10.6 Å². The van der Waals surface area contributed by atoms with E-state index in [1.165, 1.54) is 28.7 Å². The molecule has 2 N–H and O–H groups in total. The molecule has 0 unspecified atom stereocenters. The topological polar surface area (TPSA) is 41.1 Å². The normalized spacial score (nSPS) is 14.2. The zero-order chi connectivity index (χ0) is 16.4. The minimum absolute atomic E-state index is 0.0243. The van der Waals surface area contributed by atoms with Crippen molar-refractivity contribution >= 4 is 11.7 Å². The largest absolute Gasteiger partial charge is 0.331 e. The van der Waals surface area contributed by atoms with Gasteiger partial charge in [0.1, 0.15) is 0 Å². The fourth-order valence-corrected chi connectivity index (χ4v) is 3.13. The molecular formula is C20H24N2O. The van der Waals surface area contributed by atoms with Gasteiger partial charge in [0.05, 0.1) is 6.04 Å². The second-order valence-corrected chi connectivity index (χ2v) is 6.50. The van der Waals surface area contributed by atoms with Gasteiger partial charge in [0.15, 0.2) is 0 Å². The van der Waals surface area contributed by atoms with Gasteiger partial charge in [-0.05, 0) is 80.0 Å². The van der Waals surface area contributed by atoms with E-state index in [2.05, 4.69) is 54.8 Å². The molecule has 3 nitrogen and oxygen atoms in total. The SMILES string of the molecule is Cc1ccc([C@@H](C)NC(=O)Nc2ccc3c(c2)CCC3)cc1C. The Bertz CT molecular complexity index is 736. The van der Waals surface area contributed by atoms with Crippen LogP contribution in [0.15, 0.2) is 36.4 Å². The minimum Gasteiger partial charge on any atom is -0.331 e. The summed E-state index contributed by atoms with van der Waals surface area (Å²) >= 11 is 0. The molecule has 0 saturated heterocycles. The van der Waals surface area contributed by atoms with Crippen molar-refractivity contribution in [3.05, 3.63) is 64.2 Å². The van der Waals surface area contributed by atoms with Crippen LogP contribution in [0.5, 0.6) is 0 Å². The molecule has 3 rings (SSSR count). The fraction of sp³-hybridized carbons (Fsp3) is 0.350. The van der Waals surface area contributed by atoms with Gasteiger partial charge in [-0.2, -0.15) is 0 Å². The molecule has 2 aromatic rings. The van der Waals surface area contributed by atoms with Crippen LogP contribution in [0.2, 0.25) is 0 Å². The van der Waals surface area contributed by atoms with Crippen LogP contribution in [-0.2, 0) is 12.8 Å². The molecule has 1 atom stereocenters. The summed E-state index contributed by atoms with van der Waals surface area (Å²) in [6.07, 6.45) is 3.49. The first-order valence-corrected chi connectivity index (χ1v) is 8.29. The van der Waals surface area contributed by atoms with E-state index in [1.54, 1.807) is 0 Å². The van der Waals surface area contributed by atoms with E-state index in [0.717, 1.165) is 24.1 Å². The summed E-state index contributed by atoms with van der Waals surface area (Å²) in [7, 11) is 0. The van der Waals surface area contributed by atoms with Crippen LogP contribution in [0.4, 0.5) is 10.5 Å². The number of rotatable bonds is 3. The van der Waals surface area contributed by atoms with Gasteiger partial charge in [-0.25, -0.2) is 4.79 Å². The van der Waals surface area contributed by atoms with Crippen molar-refractivity contribution in [2.24, 2.45) is 0 Å². The third kappa shape index (κ3) is 3.55. The number of amides is 2. The van der Waals surface area contributed by atoms with Crippen molar-refractivity contribution in [1.82, 2.24) is 5.32 Å². The van der Waals surface area contributed by atoms with Gasteiger partial charge in [-0.1, -0.05) is 24.3 Å². The lowest BCUT2D eigenvalue weighted by atomic mass is 10.0. The van der Waals surface area contributed by atoms with Gasteiger partial charge in [0, 0.05) is 5.69 Å². The molecule has 2 aromatic carbocycles. The highest BCUT2D eigenvalue weighted by Crippen LogP contribution is 2.25. The molecule has 1 aliphatic rings. The Kier molecular flexibility index (Phi) is 4.37. The molecule has 2 amide bonds. The second kappa shape index (κ2) is 6.45. The third-order valence-corrected chi connectivity index (χ3v) is 4.73. The minimum atomic E-state index is -0.159. The molecule has 1 aliphatic carbocycles. The predicted octanol–water partition coefficient (Wildman–Crippen LogP) is 4.67. The second-order valence-electron chi connectivity index (χ2n) is 6.50. The molecule has 0 spiro atoms. The van der Waals surface area contributed by atoms with Crippen molar-refractivity contribution in [1.29, 1.82) is 0 Å². The highest BCUT2D eigenvalue weighted by Gasteiger charge is 2.13. The number of carbonyl (C=O) groups is 1. The van der Waals surface area contributed by atoms with E-state index in [1.807, 2.05) is 13.0 Å². The van der Waals surface area contributed by atoms with E-state index in [4.69, 9.17) is 0 Å². The molecular weight excluding hydrogens is 284 g/mol. The number of benzene rings is 2. The number of hydrogen-bond donors (Lipinski definition) is 2. The van der Waals surface area contributed by atoms with Crippen LogP contribution in [0.25, 0.3) is 0 Å². The molecule has 0 heterocycles. The number of hydrogen-bond acceptors (Lipinski definition) is 1. The van der Waals surface area contributed by atoms with Crippen molar-refractivity contribution in [2.75, 3.05) is 5.32 Å². The van der Waals surface area contributed by atoms with Crippen molar-refractivity contribution in [3.8, 4) is 0 Å². The predicted molar refractivity (Wildman–Crippen MR) is 95.0 cm³/mol. The number of nitrogens with one attached hydrogen (secondary N) is 2. The summed E-state index contributed by atoms with van der Waals surface area (Å²) < 4.78 is 0. The van der Waals surface area contributed by atoms with Crippen molar-refractivity contribution in [2.45, 2.75) is 46.1 Å². The Hall–Kier alpha value is -2.29. The van der Waals surface area contributed by atoms with Gasteiger partial charge in [-0.15, -0.1) is 0 Å². The summed E-state index contributed by atoms with van der Waals surface area (Å²) in [6, 6.07) is 12.3. The Labute approximate surface area is 138 Å². The van der Waals surface area contributed by atoms with E-state index < -0.39 is 0 Å². The average Bonchev–Trinajstić information content (AvgIpc) is 2.97. The molecule has 120 valence electrons. The van der Waals surface area contributed by atoms with Crippen LogP contribution in [0.3, 0.4) is 0 Å². The van der Waals surface area contributed by atoms with Crippen molar-refractivity contribution in [3.63, 3.8) is 0 Å². The fourth-order valence-electron chi connectivity index (χ4n) is 3.13. The molecule has 0 radical (unpaired) electrons. The highest BCUT2D eigenvalue weighted by molar-refractivity contribution is 5.89. The van der Waals surface area contributed by atoms with E-state index >= 15 is 0 Å². The molecule has 0 aliphatic heterocycles. The smallest absolute Gasteiger partial charge is 0.319 e. The monoisotopic (exact) mass is 308 g/mol. The number of anilines is 1. The Morgan fingerprint density at radius 2 is 1.78 bits per heavy atom. The highest BCUT2D eigenvalue weighted by atomic mass is 16.2. The standard InChI is InChI=1S/C20H24N2O/c1-13-7-8-17(11-14(13)2)15(3)21-20(23)22-19-10-9-16-5-4-6-18(16)12-19/h7-12,15H,4-6H2,1-3H3,(H2,21,22,23)/t15-/m1/s1. The third-order valence-electron chi connectivity index (χ3n) is 4.73. The van der Waals surface area contributed by atoms with Gasteiger partial charge in [0.25, 0.3) is 0 Å². The Morgan fingerprint density at radius 1 is 1.00 bits per heavy atom. The van der Waals surface area contributed by atoms with Crippen LogP contribution in [-0.4, -0.2) is 6.03 Å². The Morgan fingerprint density at radius 3 is 2.57 bits per heavy atom. The first kappa shape index (κ1) is 15.6. The van der Waals surface area contributed by atoms with E-state index in [0.29, 0.717) is 0 Å². The van der Waals surface area contributed by atoms with Gasteiger partial charge >= 0.3 is 6.03 Å². The van der Waals surface area contributed by atoms with E-state index in [-0.39, 0.29) is 12.1 Å². The summed E-state index contributed by atoms with van der Waals surface area (Å²) in [4.78, 5) is 12.2.